The van der Waals surface area contributed by atoms with Crippen LogP contribution in [0.2, 0.25) is 0 Å². The molecule has 1 aromatic carbocycles. The molecule has 1 aliphatic heterocycles. The molecule has 3 heterocycles. The second kappa shape index (κ2) is 9.46. The average Bonchev–Trinajstić information content (AvgIpc) is 3.31. The van der Waals surface area contributed by atoms with Crippen LogP contribution in [0.25, 0.3) is 4.96 Å². The number of nitrogens with one attached hydrogen (secondary N) is 1. The third-order valence-electron chi connectivity index (χ3n) is 4.78. The van der Waals surface area contributed by atoms with Gasteiger partial charge in [-0.15, -0.1) is 35.3 Å². The van der Waals surface area contributed by atoms with E-state index in [1.807, 2.05) is 30.8 Å². The summed E-state index contributed by atoms with van der Waals surface area (Å²) in [6.45, 7) is 4.43. The smallest absolute Gasteiger partial charge is 0.194 e. The first-order chi connectivity index (χ1) is 13.3. The van der Waals surface area contributed by atoms with E-state index in [2.05, 4.69) is 47.8 Å². The summed E-state index contributed by atoms with van der Waals surface area (Å²) >= 11 is 1.65. The van der Waals surface area contributed by atoms with E-state index < -0.39 is 0 Å². The lowest BCUT2D eigenvalue weighted by Gasteiger charge is -2.37. The topological polar surface area (TPSA) is 57.4 Å². The zero-order valence-electron chi connectivity index (χ0n) is 16.0. The SMILES string of the molecule is CN=C(NCc1cn2ccsc2n1)N1CCN(c2cccc(OC)c2)CC1.I. The Hall–Kier alpha value is -2.01. The number of nitrogens with zero attached hydrogens (tertiary/aromatic N) is 5. The molecule has 0 unspecified atom stereocenters. The first-order valence-electron chi connectivity index (χ1n) is 9.02. The lowest BCUT2D eigenvalue weighted by atomic mass is 10.2. The lowest BCUT2D eigenvalue weighted by molar-refractivity contribution is 0.371. The average molecular weight is 512 g/mol. The third kappa shape index (κ3) is 4.52. The minimum absolute atomic E-state index is 0. The number of hydrogen-bond donors (Lipinski definition) is 1. The fraction of sp³-hybridized carbons (Fsp3) is 0.368. The van der Waals surface area contributed by atoms with Crippen LogP contribution in [-0.2, 0) is 6.54 Å². The van der Waals surface area contributed by atoms with Crippen molar-refractivity contribution >= 4 is 51.9 Å². The van der Waals surface area contributed by atoms with Crippen LogP contribution in [0.1, 0.15) is 5.69 Å². The molecule has 0 radical (unpaired) electrons. The number of anilines is 1. The molecule has 28 heavy (non-hydrogen) atoms. The molecule has 0 spiro atoms. The van der Waals surface area contributed by atoms with Crippen LogP contribution in [0.3, 0.4) is 0 Å². The Kier molecular flexibility index (Phi) is 7.00. The molecule has 4 rings (SSSR count). The molecule has 0 aliphatic carbocycles. The van der Waals surface area contributed by atoms with E-state index in [0.717, 1.165) is 48.5 Å². The van der Waals surface area contributed by atoms with Gasteiger partial charge >= 0.3 is 0 Å². The van der Waals surface area contributed by atoms with E-state index in [1.165, 1.54) is 5.69 Å². The Morgan fingerprint density at radius 3 is 2.82 bits per heavy atom. The zero-order valence-corrected chi connectivity index (χ0v) is 19.2. The Balaban J connectivity index is 0.00000225. The van der Waals surface area contributed by atoms with Crippen molar-refractivity contribution in [1.29, 1.82) is 0 Å². The summed E-state index contributed by atoms with van der Waals surface area (Å²) in [5.41, 5.74) is 2.23. The van der Waals surface area contributed by atoms with Crippen molar-refractivity contribution in [2.45, 2.75) is 6.54 Å². The lowest BCUT2D eigenvalue weighted by Crippen LogP contribution is -2.52. The number of aliphatic imine (C=N–C) groups is 1. The first kappa shape index (κ1) is 20.7. The van der Waals surface area contributed by atoms with E-state index in [-0.39, 0.29) is 24.0 Å². The van der Waals surface area contributed by atoms with Crippen LogP contribution in [-0.4, -0.2) is 60.6 Å². The highest BCUT2D eigenvalue weighted by Gasteiger charge is 2.20. The Morgan fingerprint density at radius 2 is 2.11 bits per heavy atom. The third-order valence-corrected chi connectivity index (χ3v) is 5.55. The molecule has 2 aromatic heterocycles. The molecule has 0 saturated carbocycles. The summed E-state index contributed by atoms with van der Waals surface area (Å²) in [5.74, 6) is 1.82. The number of hydrogen-bond acceptors (Lipinski definition) is 5. The molecule has 0 amide bonds. The number of imidazole rings is 1. The summed E-state index contributed by atoms with van der Waals surface area (Å²) in [7, 11) is 3.54. The van der Waals surface area contributed by atoms with Gasteiger partial charge in [-0.1, -0.05) is 6.07 Å². The molecule has 1 aliphatic rings. The van der Waals surface area contributed by atoms with E-state index >= 15 is 0 Å². The van der Waals surface area contributed by atoms with Crippen LogP contribution in [0.5, 0.6) is 5.75 Å². The van der Waals surface area contributed by atoms with Gasteiger partial charge in [0.15, 0.2) is 10.9 Å². The van der Waals surface area contributed by atoms with Crippen molar-refractivity contribution in [3.8, 4) is 5.75 Å². The maximum atomic E-state index is 5.34. The summed E-state index contributed by atoms with van der Waals surface area (Å²) in [5, 5.41) is 5.49. The van der Waals surface area contributed by atoms with Crippen molar-refractivity contribution in [2.24, 2.45) is 4.99 Å². The molecular weight excluding hydrogens is 487 g/mol. The second-order valence-electron chi connectivity index (χ2n) is 6.40. The number of halogens is 1. The zero-order chi connectivity index (χ0) is 18.6. The van der Waals surface area contributed by atoms with Crippen LogP contribution in [0.15, 0.2) is 47.0 Å². The van der Waals surface area contributed by atoms with Crippen molar-refractivity contribution in [2.75, 3.05) is 45.2 Å². The Morgan fingerprint density at radius 1 is 1.29 bits per heavy atom. The van der Waals surface area contributed by atoms with Gasteiger partial charge in [0.2, 0.25) is 0 Å². The Labute approximate surface area is 186 Å². The highest BCUT2D eigenvalue weighted by molar-refractivity contribution is 14.0. The molecule has 0 bridgehead atoms. The number of benzene rings is 1. The number of rotatable bonds is 4. The number of thiazole rings is 1. The van der Waals surface area contributed by atoms with Crippen LogP contribution < -0.4 is 15.0 Å². The molecule has 7 nitrogen and oxygen atoms in total. The molecular formula is C19H25IN6OS. The predicted octanol–water partition coefficient (Wildman–Crippen LogP) is 2.92. The highest BCUT2D eigenvalue weighted by atomic mass is 127. The number of guanidine groups is 1. The number of methoxy groups -OCH3 is 1. The van der Waals surface area contributed by atoms with Gasteiger partial charge in [0.05, 0.1) is 19.3 Å². The van der Waals surface area contributed by atoms with Gasteiger partial charge in [-0.05, 0) is 12.1 Å². The van der Waals surface area contributed by atoms with Gasteiger partial charge in [0.1, 0.15) is 5.75 Å². The molecule has 9 heteroatoms. The predicted molar refractivity (Wildman–Crippen MR) is 125 cm³/mol. The van der Waals surface area contributed by atoms with Crippen LogP contribution >= 0.6 is 35.3 Å². The van der Waals surface area contributed by atoms with Crippen molar-refractivity contribution in [1.82, 2.24) is 19.6 Å². The van der Waals surface area contributed by atoms with Crippen molar-refractivity contribution in [3.05, 3.63) is 47.7 Å². The molecule has 1 saturated heterocycles. The van der Waals surface area contributed by atoms with Gasteiger partial charge in [0, 0.05) is 62.8 Å². The summed E-state index contributed by atoms with van der Waals surface area (Å²) < 4.78 is 7.39. The fourth-order valence-electron chi connectivity index (χ4n) is 3.35. The van der Waals surface area contributed by atoms with Crippen LogP contribution in [0, 0.1) is 0 Å². The van der Waals surface area contributed by atoms with Gasteiger partial charge in [-0.3, -0.25) is 9.39 Å². The monoisotopic (exact) mass is 512 g/mol. The molecule has 150 valence electrons. The van der Waals surface area contributed by atoms with E-state index in [1.54, 1.807) is 18.4 Å². The quantitative estimate of drug-likeness (QED) is 0.331. The van der Waals surface area contributed by atoms with Crippen molar-refractivity contribution < 1.29 is 4.74 Å². The number of ether oxygens (including phenoxy) is 1. The van der Waals surface area contributed by atoms with Gasteiger partial charge in [-0.2, -0.15) is 0 Å². The minimum atomic E-state index is 0. The molecule has 1 fully saturated rings. The molecule has 3 aromatic rings. The summed E-state index contributed by atoms with van der Waals surface area (Å²) in [4.78, 5) is 14.8. The van der Waals surface area contributed by atoms with E-state index in [0.29, 0.717) is 6.54 Å². The summed E-state index contributed by atoms with van der Waals surface area (Å²) in [6, 6.07) is 8.24. The maximum absolute atomic E-state index is 5.34. The Bertz CT molecular complexity index is 903. The standard InChI is InChI=1S/C19H24N6OS.HI/c1-20-18(21-13-15-14-25-10-11-27-19(25)22-15)24-8-6-23(7-9-24)16-4-3-5-17(12-16)26-2;/h3-5,10-12,14H,6-9,13H2,1-2H3,(H,20,21);1H. The van der Waals surface area contributed by atoms with Crippen molar-refractivity contribution in [3.63, 3.8) is 0 Å². The van der Waals surface area contributed by atoms with Gasteiger partial charge in [-0.25, -0.2) is 4.98 Å². The number of fused-ring (bicyclic) bond motifs is 1. The number of piperazine rings is 1. The second-order valence-corrected chi connectivity index (χ2v) is 7.27. The highest BCUT2D eigenvalue weighted by Crippen LogP contribution is 2.22. The van der Waals surface area contributed by atoms with Gasteiger partial charge in [0.25, 0.3) is 0 Å². The van der Waals surface area contributed by atoms with E-state index in [9.17, 15) is 0 Å². The maximum Gasteiger partial charge on any atom is 0.194 e. The molecule has 1 N–H and O–H groups in total. The fourth-order valence-corrected chi connectivity index (χ4v) is 4.07. The van der Waals surface area contributed by atoms with Crippen LogP contribution in [0.4, 0.5) is 5.69 Å². The molecule has 0 atom stereocenters. The summed E-state index contributed by atoms with van der Waals surface area (Å²) in [6.07, 6.45) is 4.09. The van der Waals surface area contributed by atoms with Gasteiger partial charge < -0.3 is 19.9 Å². The van der Waals surface area contributed by atoms with E-state index in [4.69, 9.17) is 4.74 Å². The number of aromatic nitrogens is 2. The largest absolute Gasteiger partial charge is 0.497 e. The minimum Gasteiger partial charge on any atom is -0.497 e. The normalized spacial score (nSPS) is 14.9. The first-order valence-corrected chi connectivity index (χ1v) is 9.90.